The van der Waals surface area contributed by atoms with Crippen molar-refractivity contribution in [1.82, 2.24) is 4.90 Å². The smallest absolute Gasteiger partial charge is 0.308 e. The van der Waals surface area contributed by atoms with Crippen molar-refractivity contribution >= 4 is 46.4 Å². The van der Waals surface area contributed by atoms with E-state index in [1.54, 1.807) is 0 Å². The highest BCUT2D eigenvalue weighted by atomic mass is 35.5. The lowest BCUT2D eigenvalue weighted by molar-refractivity contribution is -0.151. The van der Waals surface area contributed by atoms with E-state index < -0.39 is 0 Å². The fourth-order valence-electron chi connectivity index (χ4n) is 5.93. The number of rotatable bonds is 21. The molecule has 0 atom stereocenters. The number of hydrogen-bond donors (Lipinski definition) is 0. The zero-order chi connectivity index (χ0) is 35.9. The molecule has 7 nitrogen and oxygen atoms in total. The number of aryl methyl sites for hydroxylation is 1. The normalized spacial score (nSPS) is 15.3. The second kappa shape index (κ2) is 23.9. The number of benzene rings is 2. The number of nitrogens with zero attached hydrogens (tertiary/aromatic N) is 3. The van der Waals surface area contributed by atoms with Gasteiger partial charge in [-0.15, -0.1) is 0 Å². The highest BCUT2D eigenvalue weighted by Crippen LogP contribution is 2.33. The number of esters is 1. The molecule has 9 heteroatoms. The Bertz CT molecular complexity index is 1490. The number of allylic oxidation sites excluding steroid dienone is 8. The molecule has 0 aliphatic carbocycles. The van der Waals surface area contributed by atoms with E-state index in [4.69, 9.17) is 37.4 Å². The topological polar surface area (TPSA) is 63.6 Å². The summed E-state index contributed by atoms with van der Waals surface area (Å²) in [7, 11) is 0. The second-order valence-electron chi connectivity index (χ2n) is 12.8. The van der Waals surface area contributed by atoms with E-state index in [9.17, 15) is 4.79 Å². The molecule has 0 saturated carbocycles. The Hall–Kier alpha value is -3.52. The minimum atomic E-state index is -0.239. The minimum Gasteiger partial charge on any atom is -0.494 e. The first-order valence-corrected chi connectivity index (χ1v) is 19.4. The van der Waals surface area contributed by atoms with Crippen LogP contribution in [-0.2, 0) is 20.7 Å². The predicted octanol–water partition coefficient (Wildman–Crippen LogP) is 10.8. The molecular weight excluding hydrogens is 681 g/mol. The second-order valence-corrected chi connectivity index (χ2v) is 13.6. The van der Waals surface area contributed by atoms with Crippen LogP contribution in [0.2, 0.25) is 10.0 Å². The third-order valence-corrected chi connectivity index (χ3v) is 9.67. The molecule has 1 saturated heterocycles. The predicted molar refractivity (Wildman–Crippen MR) is 213 cm³/mol. The Kier molecular flexibility index (Phi) is 18.8. The number of unbranched alkanes of at least 4 members (excludes halogenated alkanes) is 3. The van der Waals surface area contributed by atoms with Crippen molar-refractivity contribution in [3.8, 4) is 5.75 Å². The Balaban J connectivity index is 1.02. The van der Waals surface area contributed by atoms with Crippen LogP contribution in [0.1, 0.15) is 83.1 Å². The van der Waals surface area contributed by atoms with Crippen LogP contribution in [0.5, 0.6) is 5.75 Å². The van der Waals surface area contributed by atoms with Crippen LogP contribution in [-0.4, -0.2) is 62.9 Å². The number of fused-ring (bicyclic) bond motifs is 1. The van der Waals surface area contributed by atoms with Gasteiger partial charge < -0.3 is 19.1 Å². The van der Waals surface area contributed by atoms with Gasteiger partial charge in [0.05, 0.1) is 28.0 Å². The third-order valence-electron chi connectivity index (χ3n) is 8.86. The van der Waals surface area contributed by atoms with Gasteiger partial charge in [-0.1, -0.05) is 90.9 Å². The van der Waals surface area contributed by atoms with Crippen LogP contribution in [0.15, 0.2) is 90.0 Å². The van der Waals surface area contributed by atoms with Crippen LogP contribution >= 0.6 is 23.2 Å². The maximum Gasteiger partial charge on any atom is 0.308 e. The van der Waals surface area contributed by atoms with E-state index >= 15 is 0 Å². The maximum atomic E-state index is 12.2. The molecule has 0 spiro atoms. The SMILES string of the molecule is CCC=CCC=CCC=CCC=CCCCCC(=O)OCOC1=Nc2cc(OCCCCN3CCN(c4cccc(Cl)c4Cl)CC3)ccc2CC1. The number of halogens is 2. The first-order chi connectivity index (χ1) is 25.0. The molecule has 0 N–H and O–H groups in total. The quantitative estimate of drug-likeness (QED) is 0.0550. The van der Waals surface area contributed by atoms with E-state index in [1.165, 1.54) is 0 Å². The highest BCUT2D eigenvalue weighted by Gasteiger charge is 2.20. The molecule has 0 bridgehead atoms. The summed E-state index contributed by atoms with van der Waals surface area (Å²) in [5.41, 5.74) is 3.04. The van der Waals surface area contributed by atoms with Gasteiger partial charge in [-0.3, -0.25) is 9.69 Å². The van der Waals surface area contributed by atoms with Gasteiger partial charge in [0.2, 0.25) is 6.79 Å². The first kappa shape index (κ1) is 40.3. The highest BCUT2D eigenvalue weighted by molar-refractivity contribution is 6.43. The molecule has 4 rings (SSSR count). The molecule has 2 heterocycles. The summed E-state index contributed by atoms with van der Waals surface area (Å²) < 4.78 is 17.1. The van der Waals surface area contributed by atoms with Gasteiger partial charge in [0, 0.05) is 45.1 Å². The van der Waals surface area contributed by atoms with E-state index in [2.05, 4.69) is 76.4 Å². The third kappa shape index (κ3) is 15.3. The Labute approximate surface area is 315 Å². The van der Waals surface area contributed by atoms with Crippen LogP contribution in [0, 0.1) is 0 Å². The molecule has 2 aliphatic heterocycles. The summed E-state index contributed by atoms with van der Waals surface area (Å²) in [4.78, 5) is 21.7. The standard InChI is InChI=1S/C42H55Cl2N3O4/c1-2-3-4-5-6-7-8-9-10-11-12-13-14-15-16-22-41(48)51-34-50-40-26-24-35-23-25-36(33-38(35)45-40)49-32-18-17-27-46-28-30-47(31-29-46)39-21-19-20-37(43)42(39)44/h3-4,6-7,9-10,12-13,19-21,23,25,33H,2,5,8,11,14-18,22,24,26-32,34H2,1H3. The molecule has 2 aromatic carbocycles. The lowest BCUT2D eigenvalue weighted by atomic mass is 10.0. The monoisotopic (exact) mass is 735 g/mol. The van der Waals surface area contributed by atoms with Crippen molar-refractivity contribution in [3.63, 3.8) is 0 Å². The summed E-state index contributed by atoms with van der Waals surface area (Å²) in [5.74, 6) is 1.16. The molecule has 0 unspecified atom stereocenters. The minimum absolute atomic E-state index is 0.108. The zero-order valence-corrected chi connectivity index (χ0v) is 31.8. The Morgan fingerprint density at radius 3 is 2.33 bits per heavy atom. The molecular formula is C42H55Cl2N3O4. The number of aliphatic imine (C=N–C) groups is 1. The molecule has 0 radical (unpaired) electrons. The fourth-order valence-corrected chi connectivity index (χ4v) is 6.34. The van der Waals surface area contributed by atoms with Crippen LogP contribution in [0.25, 0.3) is 0 Å². The maximum absolute atomic E-state index is 12.2. The van der Waals surface area contributed by atoms with E-state index in [0.717, 1.165) is 120 Å². The van der Waals surface area contributed by atoms with Crippen LogP contribution < -0.4 is 9.64 Å². The van der Waals surface area contributed by atoms with Crippen molar-refractivity contribution in [3.05, 3.63) is 101 Å². The van der Waals surface area contributed by atoms with Crippen molar-refractivity contribution in [2.45, 2.75) is 84.0 Å². The lowest BCUT2D eigenvalue weighted by Gasteiger charge is -2.36. The van der Waals surface area contributed by atoms with Crippen LogP contribution in [0.4, 0.5) is 11.4 Å². The summed E-state index contributed by atoms with van der Waals surface area (Å²) in [6, 6.07) is 11.9. The van der Waals surface area contributed by atoms with Gasteiger partial charge in [-0.25, -0.2) is 4.99 Å². The van der Waals surface area contributed by atoms with Gasteiger partial charge in [0.25, 0.3) is 0 Å². The van der Waals surface area contributed by atoms with Gasteiger partial charge >= 0.3 is 5.97 Å². The number of ether oxygens (including phenoxy) is 3. The zero-order valence-electron chi connectivity index (χ0n) is 30.2. The Morgan fingerprint density at radius 2 is 1.57 bits per heavy atom. The van der Waals surface area contributed by atoms with Crippen molar-refractivity contribution in [1.29, 1.82) is 0 Å². The van der Waals surface area contributed by atoms with Crippen molar-refractivity contribution in [2.24, 2.45) is 4.99 Å². The summed E-state index contributed by atoms with van der Waals surface area (Å²) in [6.45, 7) is 7.63. The largest absolute Gasteiger partial charge is 0.494 e. The van der Waals surface area contributed by atoms with E-state index in [0.29, 0.717) is 35.4 Å². The summed E-state index contributed by atoms with van der Waals surface area (Å²) in [5, 5.41) is 1.24. The summed E-state index contributed by atoms with van der Waals surface area (Å²) >= 11 is 12.6. The van der Waals surface area contributed by atoms with Gasteiger partial charge in [-0.05, 0) is 94.5 Å². The molecule has 0 amide bonds. The first-order valence-electron chi connectivity index (χ1n) is 18.7. The van der Waals surface area contributed by atoms with Gasteiger partial charge in [-0.2, -0.15) is 0 Å². The number of anilines is 1. The van der Waals surface area contributed by atoms with Crippen molar-refractivity contribution < 1.29 is 19.0 Å². The number of carbonyl (C=O) groups excluding carboxylic acids is 1. The van der Waals surface area contributed by atoms with E-state index in [-0.39, 0.29) is 12.8 Å². The summed E-state index contributed by atoms with van der Waals surface area (Å²) in [6.07, 6.45) is 28.2. The molecule has 2 aliphatic rings. The van der Waals surface area contributed by atoms with Gasteiger partial charge in [0.1, 0.15) is 5.75 Å². The van der Waals surface area contributed by atoms with Crippen LogP contribution in [0.3, 0.4) is 0 Å². The molecule has 2 aromatic rings. The molecule has 51 heavy (non-hydrogen) atoms. The number of hydrogen-bond acceptors (Lipinski definition) is 7. The molecule has 1 fully saturated rings. The average Bonchev–Trinajstić information content (AvgIpc) is 3.14. The number of piperazine rings is 1. The lowest BCUT2D eigenvalue weighted by Crippen LogP contribution is -2.46. The Morgan fingerprint density at radius 1 is 0.824 bits per heavy atom. The average molecular weight is 737 g/mol. The number of carbonyl (C=O) groups is 1. The fraction of sp³-hybridized carbons (Fsp3) is 0.476. The molecule has 276 valence electrons. The van der Waals surface area contributed by atoms with Gasteiger partial charge in [0.15, 0.2) is 5.90 Å². The van der Waals surface area contributed by atoms with E-state index in [1.807, 2.05) is 30.3 Å². The van der Waals surface area contributed by atoms with Crippen molar-refractivity contribution in [2.75, 3.05) is 51.0 Å². The molecule has 0 aromatic heterocycles.